The van der Waals surface area contributed by atoms with Crippen LogP contribution in [0.1, 0.15) is 18.4 Å². The summed E-state index contributed by atoms with van der Waals surface area (Å²) >= 11 is 5.80. The first-order valence-electron chi connectivity index (χ1n) is 6.45. The van der Waals surface area contributed by atoms with Gasteiger partial charge in [0.25, 0.3) is 5.69 Å². The van der Waals surface area contributed by atoms with Crippen LogP contribution in [0.15, 0.2) is 18.2 Å². The van der Waals surface area contributed by atoms with E-state index in [9.17, 15) is 10.1 Å². The fraction of sp³-hybridized carbons (Fsp3) is 0.538. The SMILES string of the molecule is Cl.NCC1CCN(Cc2ccc(Cl)c([N+](=O)[O-])c2)CC1. The first-order valence-corrected chi connectivity index (χ1v) is 6.83. The van der Waals surface area contributed by atoms with Gasteiger partial charge in [-0.05, 0) is 50.0 Å². The van der Waals surface area contributed by atoms with Crippen LogP contribution in [0.3, 0.4) is 0 Å². The van der Waals surface area contributed by atoms with Crippen molar-refractivity contribution in [3.05, 3.63) is 38.9 Å². The minimum absolute atomic E-state index is 0. The molecule has 1 aliphatic heterocycles. The molecule has 1 aromatic carbocycles. The average molecular weight is 320 g/mol. The van der Waals surface area contributed by atoms with E-state index in [2.05, 4.69) is 4.90 Å². The molecule has 0 atom stereocenters. The molecule has 1 heterocycles. The van der Waals surface area contributed by atoms with Crippen molar-refractivity contribution in [2.24, 2.45) is 11.7 Å². The van der Waals surface area contributed by atoms with Crippen molar-refractivity contribution >= 4 is 29.7 Å². The fourth-order valence-corrected chi connectivity index (χ4v) is 2.62. The summed E-state index contributed by atoms with van der Waals surface area (Å²) in [6.07, 6.45) is 2.21. The third-order valence-corrected chi connectivity index (χ3v) is 3.97. The highest BCUT2D eigenvalue weighted by atomic mass is 35.5. The summed E-state index contributed by atoms with van der Waals surface area (Å²) < 4.78 is 0. The van der Waals surface area contributed by atoms with Gasteiger partial charge in [0.2, 0.25) is 0 Å². The van der Waals surface area contributed by atoms with Gasteiger partial charge in [-0.15, -0.1) is 12.4 Å². The van der Waals surface area contributed by atoms with Crippen LogP contribution in [0, 0.1) is 16.0 Å². The lowest BCUT2D eigenvalue weighted by Gasteiger charge is -2.31. The van der Waals surface area contributed by atoms with E-state index in [4.69, 9.17) is 17.3 Å². The first kappa shape index (κ1) is 17.2. The molecule has 7 heteroatoms. The van der Waals surface area contributed by atoms with Crippen LogP contribution >= 0.6 is 24.0 Å². The summed E-state index contributed by atoms with van der Waals surface area (Å²) in [6.45, 7) is 3.48. The van der Waals surface area contributed by atoms with Crippen molar-refractivity contribution in [1.29, 1.82) is 0 Å². The number of nitrogens with two attached hydrogens (primary N) is 1. The predicted octanol–water partition coefficient (Wildman–Crippen LogP) is 2.84. The number of likely N-dealkylation sites (tertiary alicyclic amines) is 1. The van der Waals surface area contributed by atoms with Crippen LogP contribution in [-0.4, -0.2) is 29.5 Å². The van der Waals surface area contributed by atoms with Gasteiger partial charge in [0.05, 0.1) is 4.92 Å². The molecule has 0 spiro atoms. The summed E-state index contributed by atoms with van der Waals surface area (Å²) in [6, 6.07) is 5.02. The number of rotatable bonds is 4. The molecule has 1 aromatic rings. The summed E-state index contributed by atoms with van der Waals surface area (Å²) in [7, 11) is 0. The molecule has 1 aliphatic rings. The quantitative estimate of drug-likeness (QED) is 0.684. The Morgan fingerprint density at radius 1 is 1.40 bits per heavy atom. The summed E-state index contributed by atoms with van der Waals surface area (Å²) in [4.78, 5) is 12.7. The van der Waals surface area contributed by atoms with Gasteiger partial charge < -0.3 is 5.73 Å². The molecule has 112 valence electrons. The molecule has 0 unspecified atom stereocenters. The fourth-order valence-electron chi connectivity index (χ4n) is 2.43. The Kier molecular flexibility index (Phi) is 6.68. The average Bonchev–Trinajstić information content (AvgIpc) is 2.41. The van der Waals surface area contributed by atoms with E-state index in [0.29, 0.717) is 5.92 Å². The standard InChI is InChI=1S/C13H18ClN3O2.ClH/c14-12-2-1-11(7-13(12)17(18)19)9-16-5-3-10(8-15)4-6-16;/h1-2,7,10H,3-6,8-9,15H2;1H. The summed E-state index contributed by atoms with van der Waals surface area (Å²) in [5, 5.41) is 11.0. The van der Waals surface area contributed by atoms with E-state index in [1.807, 2.05) is 6.07 Å². The van der Waals surface area contributed by atoms with E-state index >= 15 is 0 Å². The Bertz CT molecular complexity index is 463. The number of nitrogens with zero attached hydrogens (tertiary/aromatic N) is 2. The molecular weight excluding hydrogens is 301 g/mol. The molecular formula is C13H19Cl2N3O2. The zero-order valence-electron chi connectivity index (χ0n) is 11.1. The highest BCUT2D eigenvalue weighted by molar-refractivity contribution is 6.32. The number of halogens is 2. The van der Waals surface area contributed by atoms with Crippen molar-refractivity contribution < 1.29 is 4.92 Å². The number of nitro groups is 1. The summed E-state index contributed by atoms with van der Waals surface area (Å²) in [5.74, 6) is 0.621. The minimum atomic E-state index is -0.438. The zero-order chi connectivity index (χ0) is 13.8. The number of piperidine rings is 1. The predicted molar refractivity (Wildman–Crippen MR) is 82.4 cm³/mol. The lowest BCUT2D eigenvalue weighted by molar-refractivity contribution is -0.384. The van der Waals surface area contributed by atoms with Crippen molar-refractivity contribution in [1.82, 2.24) is 4.90 Å². The largest absolute Gasteiger partial charge is 0.330 e. The second-order valence-electron chi connectivity index (χ2n) is 5.00. The molecule has 2 N–H and O–H groups in total. The number of hydrogen-bond acceptors (Lipinski definition) is 4. The normalized spacial score (nSPS) is 16.7. The Morgan fingerprint density at radius 2 is 2.05 bits per heavy atom. The van der Waals surface area contributed by atoms with E-state index in [1.165, 1.54) is 0 Å². The lowest BCUT2D eigenvalue weighted by Crippen LogP contribution is -2.35. The number of benzene rings is 1. The Morgan fingerprint density at radius 3 is 2.60 bits per heavy atom. The zero-order valence-corrected chi connectivity index (χ0v) is 12.7. The molecule has 0 radical (unpaired) electrons. The molecule has 20 heavy (non-hydrogen) atoms. The van der Waals surface area contributed by atoms with Gasteiger partial charge in [-0.25, -0.2) is 0 Å². The van der Waals surface area contributed by atoms with Gasteiger partial charge in [0, 0.05) is 12.6 Å². The van der Waals surface area contributed by atoms with Gasteiger partial charge in [-0.3, -0.25) is 15.0 Å². The monoisotopic (exact) mass is 319 g/mol. The van der Waals surface area contributed by atoms with Crippen molar-refractivity contribution in [3.8, 4) is 0 Å². The molecule has 0 aliphatic carbocycles. The van der Waals surface area contributed by atoms with Crippen LogP contribution in [0.4, 0.5) is 5.69 Å². The third kappa shape index (κ3) is 4.31. The van der Waals surface area contributed by atoms with Crippen molar-refractivity contribution in [2.75, 3.05) is 19.6 Å². The van der Waals surface area contributed by atoms with Crippen molar-refractivity contribution in [3.63, 3.8) is 0 Å². The molecule has 0 amide bonds. The molecule has 5 nitrogen and oxygen atoms in total. The molecule has 0 aromatic heterocycles. The van der Waals surface area contributed by atoms with E-state index in [0.717, 1.165) is 44.6 Å². The van der Waals surface area contributed by atoms with Gasteiger partial charge >= 0.3 is 0 Å². The molecule has 1 saturated heterocycles. The van der Waals surface area contributed by atoms with E-state index < -0.39 is 4.92 Å². The van der Waals surface area contributed by atoms with E-state index in [-0.39, 0.29) is 23.1 Å². The maximum Gasteiger partial charge on any atom is 0.288 e. The Labute approximate surface area is 129 Å². The lowest BCUT2D eigenvalue weighted by atomic mass is 9.97. The van der Waals surface area contributed by atoms with Gasteiger partial charge in [0.15, 0.2) is 0 Å². The first-order chi connectivity index (χ1) is 9.10. The second-order valence-corrected chi connectivity index (χ2v) is 5.41. The molecule has 0 saturated carbocycles. The van der Waals surface area contributed by atoms with Gasteiger partial charge in [-0.2, -0.15) is 0 Å². The van der Waals surface area contributed by atoms with Crippen LogP contribution in [0.5, 0.6) is 0 Å². The van der Waals surface area contributed by atoms with Crippen LogP contribution in [0.2, 0.25) is 5.02 Å². The second kappa shape index (κ2) is 7.78. The molecule has 0 bridgehead atoms. The van der Waals surface area contributed by atoms with Crippen LogP contribution in [0.25, 0.3) is 0 Å². The number of hydrogen-bond donors (Lipinski definition) is 1. The maximum atomic E-state index is 10.8. The number of nitro benzene ring substituents is 1. The van der Waals surface area contributed by atoms with Crippen LogP contribution in [-0.2, 0) is 6.54 Å². The highest BCUT2D eigenvalue weighted by Gasteiger charge is 2.19. The van der Waals surface area contributed by atoms with Crippen LogP contribution < -0.4 is 5.73 Å². The third-order valence-electron chi connectivity index (χ3n) is 3.65. The van der Waals surface area contributed by atoms with E-state index in [1.54, 1.807) is 12.1 Å². The maximum absolute atomic E-state index is 10.8. The topological polar surface area (TPSA) is 72.4 Å². The highest BCUT2D eigenvalue weighted by Crippen LogP contribution is 2.26. The van der Waals surface area contributed by atoms with Gasteiger partial charge in [-0.1, -0.05) is 17.7 Å². The summed E-state index contributed by atoms with van der Waals surface area (Å²) in [5.41, 5.74) is 6.58. The Balaban J connectivity index is 0.00000200. The Hall–Kier alpha value is -0.880. The molecule has 2 rings (SSSR count). The molecule has 1 fully saturated rings. The smallest absolute Gasteiger partial charge is 0.288 e. The van der Waals surface area contributed by atoms with Gasteiger partial charge in [0.1, 0.15) is 5.02 Å². The van der Waals surface area contributed by atoms with Crippen molar-refractivity contribution in [2.45, 2.75) is 19.4 Å². The minimum Gasteiger partial charge on any atom is -0.330 e.